The summed E-state index contributed by atoms with van der Waals surface area (Å²) in [5.41, 5.74) is 2.30. The highest BCUT2D eigenvalue weighted by atomic mass is 32.2. The zero-order valence-electron chi connectivity index (χ0n) is 12.9. The molecule has 0 aliphatic carbocycles. The van der Waals surface area contributed by atoms with Gasteiger partial charge in [0.2, 0.25) is 10.0 Å². The van der Waals surface area contributed by atoms with Crippen molar-refractivity contribution in [2.24, 2.45) is 5.14 Å². The van der Waals surface area contributed by atoms with Crippen molar-refractivity contribution in [3.8, 4) is 0 Å². The molecule has 0 saturated heterocycles. The van der Waals surface area contributed by atoms with E-state index in [4.69, 9.17) is 14.4 Å². The summed E-state index contributed by atoms with van der Waals surface area (Å²) in [4.78, 5) is 11.8. The summed E-state index contributed by atoms with van der Waals surface area (Å²) in [6.07, 6.45) is 0.642. The minimum atomic E-state index is -3.70. The van der Waals surface area contributed by atoms with Gasteiger partial charge in [0.25, 0.3) is 0 Å². The number of benzene rings is 1. The van der Waals surface area contributed by atoms with Crippen molar-refractivity contribution >= 4 is 16.0 Å². The largest absolute Gasteiger partial charge is 0.461 e. The highest BCUT2D eigenvalue weighted by Gasteiger charge is 2.12. The molecule has 0 unspecified atom stereocenters. The first-order valence-electron chi connectivity index (χ1n) is 6.96. The Morgan fingerprint density at radius 2 is 1.91 bits per heavy atom. The minimum absolute atomic E-state index is 0.0437. The van der Waals surface area contributed by atoms with Crippen LogP contribution in [0.25, 0.3) is 0 Å². The summed E-state index contributed by atoms with van der Waals surface area (Å²) in [5, 5.41) is 8.81. The third-order valence-corrected chi connectivity index (χ3v) is 4.36. The van der Waals surface area contributed by atoms with Crippen molar-refractivity contribution < 1.29 is 22.5 Å². The van der Waals surface area contributed by atoms with Gasteiger partial charge >= 0.3 is 5.97 Å². The molecule has 124 valence electrons. The number of ether oxygens (including phenoxy) is 1. The predicted molar refractivity (Wildman–Crippen MR) is 81.9 cm³/mol. The van der Waals surface area contributed by atoms with Gasteiger partial charge in [-0.2, -0.15) is 0 Å². The molecular weight excluding hydrogens is 320 g/mol. The summed E-state index contributed by atoms with van der Waals surface area (Å²) >= 11 is 0. The number of hydrogen-bond acceptors (Lipinski definition) is 6. The number of aromatic nitrogens is 1. The fourth-order valence-corrected chi connectivity index (χ4v) is 2.54. The van der Waals surface area contributed by atoms with Crippen molar-refractivity contribution in [1.82, 2.24) is 5.16 Å². The zero-order chi connectivity index (χ0) is 17.0. The van der Waals surface area contributed by atoms with Gasteiger partial charge in [0.15, 0.2) is 0 Å². The van der Waals surface area contributed by atoms with Crippen LogP contribution in [0.15, 0.2) is 33.7 Å². The summed E-state index contributed by atoms with van der Waals surface area (Å²) < 4.78 is 32.5. The van der Waals surface area contributed by atoms with Gasteiger partial charge < -0.3 is 9.26 Å². The first kappa shape index (κ1) is 17.2. The number of carbonyl (C=O) groups excluding carboxylic acids is 1. The van der Waals surface area contributed by atoms with Crippen molar-refractivity contribution in [3.05, 3.63) is 46.8 Å². The van der Waals surface area contributed by atoms with Crippen molar-refractivity contribution in [1.29, 1.82) is 0 Å². The monoisotopic (exact) mass is 338 g/mol. The maximum atomic E-state index is 11.8. The van der Waals surface area contributed by atoms with E-state index < -0.39 is 10.0 Å². The lowest BCUT2D eigenvalue weighted by Gasteiger charge is -2.05. The van der Waals surface area contributed by atoms with Gasteiger partial charge in [-0.3, -0.25) is 4.79 Å². The molecule has 23 heavy (non-hydrogen) atoms. The quantitative estimate of drug-likeness (QED) is 0.801. The highest BCUT2D eigenvalue weighted by molar-refractivity contribution is 7.89. The van der Waals surface area contributed by atoms with Crippen LogP contribution in [-0.4, -0.2) is 19.5 Å². The van der Waals surface area contributed by atoms with Gasteiger partial charge in [-0.25, -0.2) is 13.6 Å². The van der Waals surface area contributed by atoms with Crippen LogP contribution in [-0.2, 0) is 32.6 Å². The van der Waals surface area contributed by atoms with Crippen LogP contribution in [0, 0.1) is 13.8 Å². The molecule has 2 aromatic rings. The molecule has 0 aliphatic heterocycles. The number of esters is 1. The number of nitrogens with two attached hydrogens (primary N) is 1. The smallest absolute Gasteiger partial charge is 0.306 e. The number of nitrogens with zero attached hydrogens (tertiary/aromatic N) is 1. The van der Waals surface area contributed by atoms with Crippen LogP contribution >= 0.6 is 0 Å². The third kappa shape index (κ3) is 4.64. The van der Waals surface area contributed by atoms with Gasteiger partial charge in [0, 0.05) is 6.42 Å². The van der Waals surface area contributed by atoms with Crippen molar-refractivity contribution in [2.75, 3.05) is 0 Å². The summed E-state index contributed by atoms with van der Waals surface area (Å²) in [7, 11) is -3.70. The average molecular weight is 338 g/mol. The lowest BCUT2D eigenvalue weighted by atomic mass is 10.1. The van der Waals surface area contributed by atoms with Crippen molar-refractivity contribution in [2.45, 2.75) is 38.2 Å². The Kier molecular flexibility index (Phi) is 5.17. The number of rotatable bonds is 6. The molecule has 2 N–H and O–H groups in total. The second-order valence-electron chi connectivity index (χ2n) is 5.15. The number of hydrogen-bond donors (Lipinski definition) is 1. The van der Waals surface area contributed by atoms with Crippen LogP contribution in [0.1, 0.15) is 29.0 Å². The van der Waals surface area contributed by atoms with E-state index in [0.717, 1.165) is 11.1 Å². The Morgan fingerprint density at radius 1 is 1.26 bits per heavy atom. The normalized spacial score (nSPS) is 11.4. The summed E-state index contributed by atoms with van der Waals surface area (Å²) in [5.74, 6) is 0.286. The topological polar surface area (TPSA) is 112 Å². The molecule has 0 amide bonds. The number of primary sulfonamides is 1. The van der Waals surface area contributed by atoms with Crippen LogP contribution in [0.3, 0.4) is 0 Å². The predicted octanol–water partition coefficient (Wildman–Crippen LogP) is 1.61. The Morgan fingerprint density at radius 3 is 2.43 bits per heavy atom. The average Bonchev–Trinajstić information content (AvgIpc) is 2.81. The third-order valence-electron chi connectivity index (χ3n) is 3.43. The van der Waals surface area contributed by atoms with Gasteiger partial charge in [-0.1, -0.05) is 17.3 Å². The zero-order valence-corrected chi connectivity index (χ0v) is 13.7. The molecule has 1 aromatic carbocycles. The van der Waals surface area contributed by atoms with Crippen LogP contribution in [0.5, 0.6) is 0 Å². The first-order valence-corrected chi connectivity index (χ1v) is 8.51. The van der Waals surface area contributed by atoms with E-state index in [1.165, 1.54) is 12.1 Å². The fraction of sp³-hybridized carbons (Fsp3) is 0.333. The lowest BCUT2D eigenvalue weighted by Crippen LogP contribution is -2.12. The highest BCUT2D eigenvalue weighted by Crippen LogP contribution is 2.14. The molecule has 0 bridgehead atoms. The van der Waals surface area contributed by atoms with Gasteiger partial charge in [-0.15, -0.1) is 0 Å². The Labute approximate surface area is 134 Å². The molecule has 1 heterocycles. The molecule has 2 rings (SSSR count). The van der Waals surface area contributed by atoms with Crippen LogP contribution in [0.4, 0.5) is 0 Å². The lowest BCUT2D eigenvalue weighted by molar-refractivity contribution is -0.144. The Hall–Kier alpha value is -2.19. The number of sulfonamides is 1. The van der Waals surface area contributed by atoms with Crippen LogP contribution < -0.4 is 5.14 Å². The molecule has 0 atom stereocenters. The standard InChI is InChI=1S/C15H18N2O5S/c1-10-14(11(2)22-17-10)9-21-15(18)8-5-12-3-6-13(7-4-12)23(16,19)20/h3-4,6-7H,5,8-9H2,1-2H3,(H2,16,19,20). The first-order chi connectivity index (χ1) is 10.8. The Balaban J connectivity index is 1.85. The maximum absolute atomic E-state index is 11.8. The molecule has 0 fully saturated rings. The molecular formula is C15H18N2O5S. The van der Waals surface area contributed by atoms with E-state index in [-0.39, 0.29) is 23.9 Å². The molecule has 1 aromatic heterocycles. The van der Waals surface area contributed by atoms with E-state index in [1.807, 2.05) is 0 Å². The van der Waals surface area contributed by atoms with E-state index in [9.17, 15) is 13.2 Å². The molecule has 0 aliphatic rings. The van der Waals surface area contributed by atoms with Crippen molar-refractivity contribution in [3.63, 3.8) is 0 Å². The summed E-state index contributed by atoms with van der Waals surface area (Å²) in [6.45, 7) is 3.67. The maximum Gasteiger partial charge on any atom is 0.306 e. The van der Waals surface area contributed by atoms with Gasteiger partial charge in [0.1, 0.15) is 12.4 Å². The summed E-state index contributed by atoms with van der Waals surface area (Å²) in [6, 6.07) is 6.09. The van der Waals surface area contributed by atoms with Gasteiger partial charge in [0.05, 0.1) is 16.2 Å². The number of carbonyl (C=O) groups is 1. The van der Waals surface area contributed by atoms with E-state index >= 15 is 0 Å². The second kappa shape index (κ2) is 6.93. The fourth-order valence-electron chi connectivity index (χ4n) is 2.02. The number of aryl methyl sites for hydroxylation is 3. The van der Waals surface area contributed by atoms with E-state index in [2.05, 4.69) is 5.16 Å². The Bertz CT molecular complexity index is 774. The van der Waals surface area contributed by atoms with Crippen LogP contribution in [0.2, 0.25) is 0 Å². The van der Waals surface area contributed by atoms with Gasteiger partial charge in [-0.05, 0) is 38.0 Å². The molecule has 7 nitrogen and oxygen atoms in total. The SMILES string of the molecule is Cc1noc(C)c1COC(=O)CCc1ccc(S(N)(=O)=O)cc1. The molecule has 8 heteroatoms. The molecule has 0 spiro atoms. The molecule has 0 radical (unpaired) electrons. The second-order valence-corrected chi connectivity index (χ2v) is 6.71. The van der Waals surface area contributed by atoms with E-state index in [0.29, 0.717) is 17.9 Å². The minimum Gasteiger partial charge on any atom is -0.461 e. The van der Waals surface area contributed by atoms with E-state index in [1.54, 1.807) is 26.0 Å². The molecule has 0 saturated carbocycles.